The number of thiol groups is 1. The van der Waals surface area contributed by atoms with Crippen LogP contribution in [0, 0.1) is 0 Å². The summed E-state index contributed by atoms with van der Waals surface area (Å²) in [6.45, 7) is 0. The summed E-state index contributed by atoms with van der Waals surface area (Å²) in [5.74, 6) is -0.791. The van der Waals surface area contributed by atoms with Crippen molar-refractivity contribution in [1.29, 1.82) is 0 Å². The number of carbonyl (C=O) groups is 1. The molecule has 0 atom stereocenters. The third kappa shape index (κ3) is 3.30. The van der Waals surface area contributed by atoms with Crippen LogP contribution in [0.5, 0.6) is 0 Å². The summed E-state index contributed by atoms with van der Waals surface area (Å²) < 4.78 is 37.0. The van der Waals surface area contributed by atoms with Crippen molar-refractivity contribution in [2.24, 2.45) is 5.73 Å². The van der Waals surface area contributed by atoms with E-state index in [1.807, 2.05) is 0 Å². The van der Waals surface area contributed by atoms with Gasteiger partial charge in [0.05, 0.1) is 10.5 Å². The molecule has 0 unspecified atom stereocenters. The Balaban J connectivity index is 3.09. The van der Waals surface area contributed by atoms with Crippen LogP contribution in [0.15, 0.2) is 29.2 Å². The Morgan fingerprint density at radius 1 is 1.38 bits per heavy atom. The van der Waals surface area contributed by atoms with E-state index in [1.54, 1.807) is 0 Å². The second-order valence-corrected chi connectivity index (χ2v) is 3.50. The van der Waals surface area contributed by atoms with Crippen molar-refractivity contribution in [3.8, 4) is 0 Å². The van der Waals surface area contributed by atoms with Crippen molar-refractivity contribution in [3.63, 3.8) is 0 Å². The lowest BCUT2D eigenvalue weighted by Crippen LogP contribution is -2.10. The van der Waals surface area contributed by atoms with E-state index in [1.165, 1.54) is 18.2 Å². The summed E-state index contributed by atoms with van der Waals surface area (Å²) >= 11 is 3.75. The maximum Gasteiger partial charge on any atom is 0.416 e. The van der Waals surface area contributed by atoms with Gasteiger partial charge in [0.2, 0.25) is 0 Å². The first-order valence-corrected chi connectivity index (χ1v) is 4.63. The SMILES string of the molecule is NC(=O)/C(S)=C/c1cccc(C(F)(F)F)c1. The average Bonchev–Trinajstić information content (AvgIpc) is 2.16. The number of nitrogens with two attached hydrogens (primary N) is 1. The van der Waals surface area contributed by atoms with Crippen LogP contribution in [0.4, 0.5) is 13.2 Å². The van der Waals surface area contributed by atoms with Gasteiger partial charge in [0.25, 0.3) is 5.91 Å². The first kappa shape index (κ1) is 12.6. The highest BCUT2D eigenvalue weighted by molar-refractivity contribution is 7.85. The average molecular weight is 247 g/mol. The van der Waals surface area contributed by atoms with E-state index in [-0.39, 0.29) is 10.5 Å². The Morgan fingerprint density at radius 2 is 2.00 bits per heavy atom. The Labute approximate surface area is 95.4 Å². The zero-order valence-electron chi connectivity index (χ0n) is 7.95. The minimum absolute atomic E-state index is 0.0978. The fourth-order valence-corrected chi connectivity index (χ4v) is 1.18. The van der Waals surface area contributed by atoms with E-state index in [9.17, 15) is 18.0 Å². The van der Waals surface area contributed by atoms with Gasteiger partial charge in [0, 0.05) is 0 Å². The van der Waals surface area contributed by atoms with Gasteiger partial charge in [-0.05, 0) is 23.8 Å². The molecule has 1 rings (SSSR count). The fourth-order valence-electron chi connectivity index (χ4n) is 1.03. The smallest absolute Gasteiger partial charge is 0.365 e. The van der Waals surface area contributed by atoms with Gasteiger partial charge in [-0.15, -0.1) is 12.6 Å². The lowest BCUT2D eigenvalue weighted by Gasteiger charge is -2.06. The molecule has 0 saturated carbocycles. The molecule has 2 nitrogen and oxygen atoms in total. The number of alkyl halides is 3. The molecule has 6 heteroatoms. The van der Waals surface area contributed by atoms with Gasteiger partial charge in [-0.2, -0.15) is 13.2 Å². The molecule has 0 aliphatic rings. The fraction of sp³-hybridized carbons (Fsp3) is 0.100. The molecule has 0 fully saturated rings. The van der Waals surface area contributed by atoms with Crippen molar-refractivity contribution in [2.75, 3.05) is 0 Å². The Kier molecular flexibility index (Phi) is 3.64. The molecule has 0 aliphatic heterocycles. The van der Waals surface area contributed by atoms with Crippen LogP contribution >= 0.6 is 12.6 Å². The second-order valence-electron chi connectivity index (χ2n) is 3.02. The predicted octanol–water partition coefficient (Wildman–Crippen LogP) is 2.46. The molecule has 16 heavy (non-hydrogen) atoms. The second kappa shape index (κ2) is 4.61. The topological polar surface area (TPSA) is 43.1 Å². The van der Waals surface area contributed by atoms with Crippen LogP contribution in [0.1, 0.15) is 11.1 Å². The van der Waals surface area contributed by atoms with Crippen LogP contribution in [-0.4, -0.2) is 5.91 Å². The van der Waals surface area contributed by atoms with Crippen LogP contribution in [0.3, 0.4) is 0 Å². The Hall–Kier alpha value is -1.43. The van der Waals surface area contributed by atoms with Gasteiger partial charge >= 0.3 is 6.18 Å². The summed E-state index contributed by atoms with van der Waals surface area (Å²) in [4.78, 5) is 10.5. The molecule has 0 saturated heterocycles. The van der Waals surface area contributed by atoms with E-state index in [2.05, 4.69) is 12.6 Å². The zero-order chi connectivity index (χ0) is 12.3. The predicted molar refractivity (Wildman–Crippen MR) is 57.6 cm³/mol. The van der Waals surface area contributed by atoms with Gasteiger partial charge in [-0.3, -0.25) is 4.79 Å². The van der Waals surface area contributed by atoms with Crippen LogP contribution in [-0.2, 0) is 11.0 Å². The molecule has 0 spiro atoms. The lowest BCUT2D eigenvalue weighted by atomic mass is 10.1. The summed E-state index contributed by atoms with van der Waals surface area (Å²) in [5.41, 5.74) is 4.34. The number of amides is 1. The van der Waals surface area contributed by atoms with E-state index >= 15 is 0 Å². The maximum absolute atomic E-state index is 12.3. The molecule has 1 aromatic carbocycles. The minimum atomic E-state index is -4.41. The zero-order valence-corrected chi connectivity index (χ0v) is 8.85. The number of carbonyl (C=O) groups excluding carboxylic acids is 1. The van der Waals surface area contributed by atoms with Crippen LogP contribution in [0.2, 0.25) is 0 Å². The van der Waals surface area contributed by atoms with Crippen molar-refractivity contribution >= 4 is 24.6 Å². The quantitative estimate of drug-likeness (QED) is 0.612. The van der Waals surface area contributed by atoms with Crippen molar-refractivity contribution in [3.05, 3.63) is 40.3 Å². The van der Waals surface area contributed by atoms with Crippen molar-refractivity contribution < 1.29 is 18.0 Å². The van der Waals surface area contributed by atoms with Gasteiger partial charge in [-0.1, -0.05) is 12.1 Å². The first-order chi connectivity index (χ1) is 7.30. The number of primary amides is 1. The number of hydrogen-bond donors (Lipinski definition) is 2. The molecule has 0 heterocycles. The minimum Gasteiger partial charge on any atom is -0.365 e. The van der Waals surface area contributed by atoms with E-state index in [0.717, 1.165) is 12.1 Å². The highest BCUT2D eigenvalue weighted by atomic mass is 32.1. The summed E-state index contributed by atoms with van der Waals surface area (Å²) in [6, 6.07) is 4.53. The van der Waals surface area contributed by atoms with Crippen molar-refractivity contribution in [1.82, 2.24) is 0 Å². The summed E-state index contributed by atoms with van der Waals surface area (Å²) in [5, 5.41) is 0. The van der Waals surface area contributed by atoms with Gasteiger partial charge in [0.15, 0.2) is 0 Å². The molecule has 2 N–H and O–H groups in total. The highest BCUT2D eigenvalue weighted by Gasteiger charge is 2.30. The first-order valence-electron chi connectivity index (χ1n) is 4.18. The van der Waals surface area contributed by atoms with E-state index in [4.69, 9.17) is 5.73 Å². The van der Waals surface area contributed by atoms with Gasteiger partial charge < -0.3 is 5.73 Å². The molecule has 0 aliphatic carbocycles. The number of hydrogen-bond acceptors (Lipinski definition) is 2. The van der Waals surface area contributed by atoms with Crippen LogP contribution in [0.25, 0.3) is 6.08 Å². The van der Waals surface area contributed by atoms with Crippen molar-refractivity contribution in [2.45, 2.75) is 6.18 Å². The molecule has 1 amide bonds. The Morgan fingerprint density at radius 3 is 2.50 bits per heavy atom. The molecular formula is C10H8F3NOS. The standard InChI is InChI=1S/C10H8F3NOS/c11-10(12,13)7-3-1-2-6(4-7)5-8(16)9(14)15/h1-5,16H,(H2,14,15)/b8-5-. The largest absolute Gasteiger partial charge is 0.416 e. The van der Waals surface area contributed by atoms with E-state index < -0.39 is 17.6 Å². The molecule has 0 aromatic heterocycles. The highest BCUT2D eigenvalue weighted by Crippen LogP contribution is 2.29. The van der Waals surface area contributed by atoms with Crippen LogP contribution < -0.4 is 5.73 Å². The Bertz CT molecular complexity index is 440. The summed E-state index contributed by atoms with van der Waals surface area (Å²) in [6.07, 6.45) is -3.23. The van der Waals surface area contributed by atoms with Gasteiger partial charge in [-0.25, -0.2) is 0 Å². The summed E-state index contributed by atoms with van der Waals surface area (Å²) in [7, 11) is 0. The normalized spacial score (nSPS) is 12.6. The number of rotatable bonds is 2. The monoisotopic (exact) mass is 247 g/mol. The third-order valence-corrected chi connectivity index (χ3v) is 2.12. The molecule has 1 aromatic rings. The number of benzene rings is 1. The maximum atomic E-state index is 12.3. The third-order valence-electron chi connectivity index (χ3n) is 1.77. The lowest BCUT2D eigenvalue weighted by molar-refractivity contribution is -0.137. The molecule has 86 valence electrons. The molecule has 0 bridgehead atoms. The van der Waals surface area contributed by atoms with Gasteiger partial charge in [0.1, 0.15) is 0 Å². The number of halogens is 3. The van der Waals surface area contributed by atoms with E-state index in [0.29, 0.717) is 0 Å². The molecule has 0 radical (unpaired) electrons. The molecular weight excluding hydrogens is 239 g/mol.